The molecule has 0 bridgehead atoms. The maximum absolute atomic E-state index is 5.82. The Hall–Kier alpha value is -0.640. The summed E-state index contributed by atoms with van der Waals surface area (Å²) >= 11 is 7.13. The van der Waals surface area contributed by atoms with Crippen molar-refractivity contribution in [3.63, 3.8) is 0 Å². The highest BCUT2D eigenvalue weighted by Gasteiger charge is 2.13. The summed E-state index contributed by atoms with van der Waals surface area (Å²) in [6.07, 6.45) is 0. The summed E-state index contributed by atoms with van der Waals surface area (Å²) in [5, 5.41) is 0. The van der Waals surface area contributed by atoms with Gasteiger partial charge in [-0.05, 0) is 45.4 Å². The van der Waals surface area contributed by atoms with Crippen LogP contribution in [0.4, 0.5) is 0 Å². The second-order valence-corrected chi connectivity index (χ2v) is 9.36. The van der Waals surface area contributed by atoms with E-state index in [1.54, 1.807) is 0 Å². The smallest absolute Gasteiger partial charge is 0.0946 e. The largest absolute Gasteiger partial charge is 0.326 e. The molecule has 0 aromatic heterocycles. The van der Waals surface area contributed by atoms with Gasteiger partial charge in [-0.1, -0.05) is 83.0 Å². The SMILES string of the molecule is CC(C)(C)c1ccc(-c2cc(CN)cc(C(Br)Br)c2)cc1. The Balaban J connectivity index is 2.44. The summed E-state index contributed by atoms with van der Waals surface area (Å²) in [5.41, 5.74) is 12.1. The Bertz CT molecular complexity index is 610. The van der Waals surface area contributed by atoms with Gasteiger partial charge in [-0.25, -0.2) is 0 Å². The van der Waals surface area contributed by atoms with Gasteiger partial charge in [0, 0.05) is 6.54 Å². The van der Waals surface area contributed by atoms with E-state index in [4.69, 9.17) is 5.73 Å². The maximum atomic E-state index is 5.82. The maximum Gasteiger partial charge on any atom is 0.0946 e. The van der Waals surface area contributed by atoms with Crippen LogP contribution in [-0.4, -0.2) is 0 Å². The Morgan fingerprint density at radius 3 is 2.05 bits per heavy atom. The monoisotopic (exact) mass is 409 g/mol. The van der Waals surface area contributed by atoms with Crippen LogP contribution in [0, 0.1) is 0 Å². The standard InChI is InChI=1S/C18H21Br2N/c1-18(2,3)16-6-4-13(5-7-16)14-8-12(11-21)9-15(10-14)17(19)20/h4-10,17H,11,21H2,1-3H3. The lowest BCUT2D eigenvalue weighted by atomic mass is 9.86. The average Bonchev–Trinajstić information content (AvgIpc) is 2.46. The fourth-order valence-corrected chi connectivity index (χ4v) is 2.82. The Morgan fingerprint density at radius 1 is 0.952 bits per heavy atom. The van der Waals surface area contributed by atoms with Gasteiger partial charge in [0.1, 0.15) is 0 Å². The van der Waals surface area contributed by atoms with Crippen LogP contribution in [0.25, 0.3) is 11.1 Å². The van der Waals surface area contributed by atoms with E-state index in [2.05, 4.69) is 95.1 Å². The van der Waals surface area contributed by atoms with Crippen molar-refractivity contribution < 1.29 is 0 Å². The van der Waals surface area contributed by atoms with Gasteiger partial charge in [0.25, 0.3) is 0 Å². The lowest BCUT2D eigenvalue weighted by Crippen LogP contribution is -2.10. The molecule has 0 heterocycles. The molecule has 2 aromatic carbocycles. The molecule has 0 amide bonds. The van der Waals surface area contributed by atoms with Crippen molar-refractivity contribution in [3.8, 4) is 11.1 Å². The predicted molar refractivity (Wildman–Crippen MR) is 99.1 cm³/mol. The second kappa shape index (κ2) is 6.64. The topological polar surface area (TPSA) is 26.0 Å². The van der Waals surface area contributed by atoms with Crippen LogP contribution in [0.2, 0.25) is 0 Å². The first-order valence-electron chi connectivity index (χ1n) is 7.04. The van der Waals surface area contributed by atoms with E-state index in [-0.39, 0.29) is 9.15 Å². The molecule has 2 rings (SSSR count). The third-order valence-electron chi connectivity index (χ3n) is 3.59. The van der Waals surface area contributed by atoms with Crippen LogP contribution >= 0.6 is 31.9 Å². The first-order chi connectivity index (χ1) is 9.81. The van der Waals surface area contributed by atoms with Crippen molar-refractivity contribution in [2.45, 2.75) is 36.5 Å². The third-order valence-corrected chi connectivity index (χ3v) is 4.64. The number of halogens is 2. The molecule has 0 atom stereocenters. The van der Waals surface area contributed by atoms with Crippen molar-refractivity contribution in [1.29, 1.82) is 0 Å². The van der Waals surface area contributed by atoms with E-state index in [1.807, 2.05) is 0 Å². The molecule has 0 spiro atoms. The molecule has 0 fully saturated rings. The molecule has 0 aliphatic heterocycles. The summed E-state index contributed by atoms with van der Waals surface area (Å²) in [7, 11) is 0. The molecule has 1 nitrogen and oxygen atoms in total. The average molecular weight is 411 g/mol. The van der Waals surface area contributed by atoms with Crippen LogP contribution in [0.5, 0.6) is 0 Å². The van der Waals surface area contributed by atoms with Crippen molar-refractivity contribution in [2.75, 3.05) is 0 Å². The van der Waals surface area contributed by atoms with E-state index in [0.29, 0.717) is 6.54 Å². The number of hydrogen-bond acceptors (Lipinski definition) is 1. The van der Waals surface area contributed by atoms with E-state index in [1.165, 1.54) is 22.3 Å². The van der Waals surface area contributed by atoms with Crippen LogP contribution in [0.1, 0.15) is 41.2 Å². The first-order valence-corrected chi connectivity index (χ1v) is 8.87. The first kappa shape index (κ1) is 16.7. The molecule has 3 heteroatoms. The number of benzene rings is 2. The number of alkyl halides is 2. The zero-order chi connectivity index (χ0) is 15.6. The fourth-order valence-electron chi connectivity index (χ4n) is 2.29. The van der Waals surface area contributed by atoms with Crippen molar-refractivity contribution in [1.82, 2.24) is 0 Å². The minimum absolute atomic E-state index is 0.143. The molecule has 21 heavy (non-hydrogen) atoms. The van der Waals surface area contributed by atoms with Crippen molar-refractivity contribution in [2.24, 2.45) is 5.73 Å². The molecule has 2 aromatic rings. The minimum atomic E-state index is 0.143. The van der Waals surface area contributed by atoms with Gasteiger partial charge in [0.15, 0.2) is 0 Å². The van der Waals surface area contributed by atoms with Crippen molar-refractivity contribution >= 4 is 31.9 Å². The molecule has 0 radical (unpaired) electrons. The molecular formula is C18H21Br2N. The van der Waals surface area contributed by atoms with Gasteiger partial charge in [0.05, 0.1) is 3.74 Å². The highest BCUT2D eigenvalue weighted by Crippen LogP contribution is 2.34. The summed E-state index contributed by atoms with van der Waals surface area (Å²) in [4.78, 5) is 0. The van der Waals surface area contributed by atoms with Gasteiger partial charge >= 0.3 is 0 Å². The van der Waals surface area contributed by atoms with Gasteiger partial charge < -0.3 is 5.73 Å². The number of rotatable bonds is 3. The minimum Gasteiger partial charge on any atom is -0.326 e. The van der Waals surface area contributed by atoms with Crippen LogP contribution in [0.15, 0.2) is 42.5 Å². The Morgan fingerprint density at radius 2 is 1.57 bits per heavy atom. The fraction of sp³-hybridized carbons (Fsp3) is 0.333. The molecule has 0 saturated carbocycles. The van der Waals surface area contributed by atoms with Gasteiger partial charge in [0.2, 0.25) is 0 Å². The summed E-state index contributed by atoms with van der Waals surface area (Å²) in [6, 6.07) is 15.3. The van der Waals surface area contributed by atoms with Crippen LogP contribution < -0.4 is 5.73 Å². The summed E-state index contributed by atoms with van der Waals surface area (Å²) in [5.74, 6) is 0. The molecule has 0 aliphatic carbocycles. The molecule has 0 saturated heterocycles. The quantitative estimate of drug-likeness (QED) is 0.626. The predicted octanol–water partition coefficient (Wildman–Crippen LogP) is 5.90. The van der Waals surface area contributed by atoms with Gasteiger partial charge in [-0.15, -0.1) is 0 Å². The highest BCUT2D eigenvalue weighted by molar-refractivity contribution is 9.24. The molecule has 0 unspecified atom stereocenters. The third kappa shape index (κ3) is 4.18. The molecule has 112 valence electrons. The molecular weight excluding hydrogens is 390 g/mol. The summed E-state index contributed by atoms with van der Waals surface area (Å²) < 4.78 is 0.143. The van der Waals surface area contributed by atoms with Crippen LogP contribution in [0.3, 0.4) is 0 Å². The second-order valence-electron chi connectivity index (χ2n) is 6.30. The molecule has 0 aliphatic rings. The van der Waals surface area contributed by atoms with E-state index in [0.717, 1.165) is 5.56 Å². The van der Waals surface area contributed by atoms with E-state index >= 15 is 0 Å². The number of hydrogen-bond donors (Lipinski definition) is 1. The Kier molecular flexibility index (Phi) is 5.29. The van der Waals surface area contributed by atoms with Crippen molar-refractivity contribution in [3.05, 3.63) is 59.2 Å². The van der Waals surface area contributed by atoms with Gasteiger partial charge in [-0.3, -0.25) is 0 Å². The molecule has 2 N–H and O–H groups in total. The highest BCUT2D eigenvalue weighted by atomic mass is 79.9. The normalized spacial score (nSPS) is 12.0. The number of nitrogens with two attached hydrogens (primary N) is 1. The van der Waals surface area contributed by atoms with E-state index in [9.17, 15) is 0 Å². The van der Waals surface area contributed by atoms with Gasteiger partial charge in [-0.2, -0.15) is 0 Å². The zero-order valence-electron chi connectivity index (χ0n) is 12.7. The zero-order valence-corrected chi connectivity index (χ0v) is 15.8. The lowest BCUT2D eigenvalue weighted by molar-refractivity contribution is 0.590. The van der Waals surface area contributed by atoms with E-state index < -0.39 is 0 Å². The van der Waals surface area contributed by atoms with Crippen LogP contribution in [-0.2, 0) is 12.0 Å². The lowest BCUT2D eigenvalue weighted by Gasteiger charge is -2.19. The Labute approximate surface area is 144 Å². The summed E-state index contributed by atoms with van der Waals surface area (Å²) in [6.45, 7) is 7.24.